The molecule has 0 atom stereocenters. The van der Waals surface area contributed by atoms with Crippen LogP contribution in [0, 0.1) is 6.92 Å². The van der Waals surface area contributed by atoms with Crippen LogP contribution in [0.15, 0.2) is 24.4 Å². The molecule has 0 saturated heterocycles. The van der Waals surface area contributed by atoms with E-state index in [-0.39, 0.29) is 0 Å². The van der Waals surface area contributed by atoms with Crippen LogP contribution in [0.1, 0.15) is 17.8 Å². The van der Waals surface area contributed by atoms with Gasteiger partial charge in [0, 0.05) is 17.6 Å². The summed E-state index contributed by atoms with van der Waals surface area (Å²) in [5, 5.41) is 0. The van der Waals surface area contributed by atoms with Crippen molar-refractivity contribution in [3.8, 4) is 0 Å². The first-order valence-corrected chi connectivity index (χ1v) is 4.95. The third kappa shape index (κ3) is 1.51. The quantitative estimate of drug-likeness (QED) is 0.795. The monoisotopic (exact) mass is 189 g/mol. The van der Waals surface area contributed by atoms with Crippen molar-refractivity contribution in [2.24, 2.45) is 5.73 Å². The second kappa shape index (κ2) is 3.80. The van der Waals surface area contributed by atoms with Crippen LogP contribution in [-0.2, 0) is 6.42 Å². The molecule has 0 fully saturated rings. The lowest BCUT2D eigenvalue weighted by molar-refractivity contribution is 0.797. The molecular formula is C11H15N3. The van der Waals surface area contributed by atoms with Gasteiger partial charge in [0.15, 0.2) is 0 Å². The molecule has 74 valence electrons. The fraction of sp³-hybridized carbons (Fsp3) is 0.364. The van der Waals surface area contributed by atoms with E-state index in [9.17, 15) is 0 Å². The fourth-order valence-electron chi connectivity index (χ4n) is 1.74. The van der Waals surface area contributed by atoms with Crippen molar-refractivity contribution >= 4 is 5.65 Å². The number of nitrogens with two attached hydrogens (primary N) is 1. The van der Waals surface area contributed by atoms with Crippen LogP contribution in [0.4, 0.5) is 0 Å². The number of aromatic nitrogens is 2. The topological polar surface area (TPSA) is 43.3 Å². The van der Waals surface area contributed by atoms with Gasteiger partial charge in [-0.3, -0.25) is 0 Å². The van der Waals surface area contributed by atoms with Crippen molar-refractivity contribution in [3.63, 3.8) is 0 Å². The summed E-state index contributed by atoms with van der Waals surface area (Å²) in [4.78, 5) is 4.35. The van der Waals surface area contributed by atoms with Crippen molar-refractivity contribution in [1.29, 1.82) is 0 Å². The lowest BCUT2D eigenvalue weighted by atomic mass is 10.2. The minimum absolute atomic E-state index is 0.735. The predicted molar refractivity (Wildman–Crippen MR) is 57.3 cm³/mol. The van der Waals surface area contributed by atoms with Gasteiger partial charge in [-0.2, -0.15) is 0 Å². The maximum absolute atomic E-state index is 5.50. The largest absolute Gasteiger partial charge is 0.330 e. The van der Waals surface area contributed by atoms with E-state index in [4.69, 9.17) is 5.73 Å². The van der Waals surface area contributed by atoms with E-state index in [1.807, 2.05) is 18.3 Å². The molecule has 2 aromatic heterocycles. The Labute approximate surface area is 83.6 Å². The Balaban J connectivity index is 2.45. The molecule has 2 heterocycles. The number of rotatable bonds is 3. The highest BCUT2D eigenvalue weighted by atomic mass is 15.0. The normalized spacial score (nSPS) is 11.0. The van der Waals surface area contributed by atoms with Crippen LogP contribution in [0.5, 0.6) is 0 Å². The summed E-state index contributed by atoms with van der Waals surface area (Å²) in [5.41, 5.74) is 9.00. The summed E-state index contributed by atoms with van der Waals surface area (Å²) in [7, 11) is 0. The number of hydrogen-bond donors (Lipinski definition) is 1. The van der Waals surface area contributed by atoms with Crippen molar-refractivity contribution < 1.29 is 0 Å². The van der Waals surface area contributed by atoms with Gasteiger partial charge in [-0.05, 0) is 38.4 Å². The zero-order chi connectivity index (χ0) is 9.97. The van der Waals surface area contributed by atoms with Gasteiger partial charge in [0.1, 0.15) is 5.65 Å². The van der Waals surface area contributed by atoms with Crippen molar-refractivity contribution in [2.75, 3.05) is 6.54 Å². The molecule has 2 rings (SSSR count). The van der Waals surface area contributed by atoms with Crippen LogP contribution in [-0.4, -0.2) is 15.9 Å². The van der Waals surface area contributed by atoms with Gasteiger partial charge >= 0.3 is 0 Å². The summed E-state index contributed by atoms with van der Waals surface area (Å²) in [6.07, 6.45) is 3.96. The van der Waals surface area contributed by atoms with Gasteiger partial charge in [0.05, 0.1) is 0 Å². The number of hydrogen-bond acceptors (Lipinski definition) is 2. The smallest absolute Gasteiger partial charge is 0.137 e. The Hall–Kier alpha value is -1.35. The predicted octanol–water partition coefficient (Wildman–Crippen LogP) is 1.53. The first-order chi connectivity index (χ1) is 6.83. The average molecular weight is 189 g/mol. The minimum Gasteiger partial charge on any atom is -0.330 e. The molecule has 0 amide bonds. The third-order valence-electron chi connectivity index (χ3n) is 2.43. The number of pyridine rings is 1. The zero-order valence-corrected chi connectivity index (χ0v) is 8.40. The van der Waals surface area contributed by atoms with E-state index in [1.54, 1.807) is 0 Å². The van der Waals surface area contributed by atoms with Crippen LogP contribution in [0.2, 0.25) is 0 Å². The number of nitrogens with zero attached hydrogens (tertiary/aromatic N) is 2. The Kier molecular flexibility index (Phi) is 2.50. The van der Waals surface area contributed by atoms with Crippen LogP contribution >= 0.6 is 0 Å². The summed E-state index contributed by atoms with van der Waals surface area (Å²) in [6, 6.07) is 6.16. The van der Waals surface area contributed by atoms with Gasteiger partial charge in [0.2, 0.25) is 0 Å². The molecule has 0 bridgehead atoms. The number of aryl methyl sites for hydroxylation is 2. The summed E-state index contributed by atoms with van der Waals surface area (Å²) in [6.45, 7) is 2.83. The molecule has 0 aliphatic rings. The number of fused-ring (bicyclic) bond motifs is 1. The average Bonchev–Trinajstić information content (AvgIpc) is 2.59. The first kappa shape index (κ1) is 9.21. The fourth-order valence-corrected chi connectivity index (χ4v) is 1.74. The Morgan fingerprint density at radius 1 is 1.43 bits per heavy atom. The van der Waals surface area contributed by atoms with Gasteiger partial charge in [-0.15, -0.1) is 0 Å². The molecule has 0 radical (unpaired) electrons. The van der Waals surface area contributed by atoms with E-state index in [0.29, 0.717) is 0 Å². The highest BCUT2D eigenvalue weighted by Crippen LogP contribution is 2.11. The third-order valence-corrected chi connectivity index (χ3v) is 2.43. The standard InChI is InChI=1S/C11H15N3/c1-9-4-2-6-11-13-8-10(14(9)11)5-3-7-12/h2,4,6,8H,3,5,7,12H2,1H3. The van der Waals surface area contributed by atoms with Gasteiger partial charge in [-0.25, -0.2) is 4.98 Å². The molecule has 3 nitrogen and oxygen atoms in total. The number of imidazole rings is 1. The molecule has 0 aromatic carbocycles. The van der Waals surface area contributed by atoms with Crippen molar-refractivity contribution in [1.82, 2.24) is 9.38 Å². The lowest BCUT2D eigenvalue weighted by Crippen LogP contribution is -2.03. The molecule has 3 heteroatoms. The van der Waals surface area contributed by atoms with Crippen molar-refractivity contribution in [2.45, 2.75) is 19.8 Å². The second-order valence-electron chi connectivity index (χ2n) is 3.50. The minimum atomic E-state index is 0.735. The van der Waals surface area contributed by atoms with E-state index in [2.05, 4.69) is 22.4 Å². The maximum atomic E-state index is 5.50. The van der Waals surface area contributed by atoms with Crippen molar-refractivity contribution in [3.05, 3.63) is 35.8 Å². The van der Waals surface area contributed by atoms with Crippen LogP contribution in [0.25, 0.3) is 5.65 Å². The Bertz CT molecular complexity index is 431. The highest BCUT2D eigenvalue weighted by Gasteiger charge is 2.03. The molecule has 2 aromatic rings. The molecule has 0 aliphatic carbocycles. The van der Waals surface area contributed by atoms with Gasteiger partial charge < -0.3 is 10.1 Å². The lowest BCUT2D eigenvalue weighted by Gasteiger charge is -2.03. The van der Waals surface area contributed by atoms with E-state index in [0.717, 1.165) is 25.0 Å². The maximum Gasteiger partial charge on any atom is 0.137 e. The molecule has 0 spiro atoms. The summed E-state index contributed by atoms with van der Waals surface area (Å²) < 4.78 is 2.19. The Morgan fingerprint density at radius 3 is 3.07 bits per heavy atom. The van der Waals surface area contributed by atoms with E-state index in [1.165, 1.54) is 11.4 Å². The zero-order valence-electron chi connectivity index (χ0n) is 8.40. The summed E-state index contributed by atoms with van der Waals surface area (Å²) >= 11 is 0. The molecule has 0 saturated carbocycles. The van der Waals surface area contributed by atoms with E-state index >= 15 is 0 Å². The SMILES string of the molecule is Cc1cccc2ncc(CCCN)n12. The first-order valence-electron chi connectivity index (χ1n) is 4.95. The summed E-state index contributed by atoms with van der Waals surface area (Å²) in [5.74, 6) is 0. The van der Waals surface area contributed by atoms with Crippen LogP contribution < -0.4 is 5.73 Å². The van der Waals surface area contributed by atoms with Gasteiger partial charge in [-0.1, -0.05) is 6.07 Å². The second-order valence-corrected chi connectivity index (χ2v) is 3.50. The molecule has 0 aliphatic heterocycles. The highest BCUT2D eigenvalue weighted by molar-refractivity contribution is 5.42. The molecule has 14 heavy (non-hydrogen) atoms. The molecule has 2 N–H and O–H groups in total. The molecular weight excluding hydrogens is 174 g/mol. The van der Waals surface area contributed by atoms with Gasteiger partial charge in [0.25, 0.3) is 0 Å². The Morgan fingerprint density at radius 2 is 2.29 bits per heavy atom. The molecule has 0 unspecified atom stereocenters. The van der Waals surface area contributed by atoms with Crippen LogP contribution in [0.3, 0.4) is 0 Å². The van der Waals surface area contributed by atoms with E-state index < -0.39 is 0 Å².